The number of tetrazole rings is 1. The highest BCUT2D eigenvalue weighted by atomic mass is 16.6. The molecule has 1 saturated heterocycles. The summed E-state index contributed by atoms with van der Waals surface area (Å²) in [6, 6.07) is 7.62. The molecule has 1 aromatic carbocycles. The summed E-state index contributed by atoms with van der Waals surface area (Å²) in [4.78, 5) is 15.4. The summed E-state index contributed by atoms with van der Waals surface area (Å²) in [5.41, 5.74) is 1.10. The molecule has 0 bridgehead atoms. The van der Waals surface area contributed by atoms with Gasteiger partial charge in [0.2, 0.25) is 0 Å². The third kappa shape index (κ3) is 5.77. The molecule has 2 heterocycles. The number of hydrogen-bond acceptors (Lipinski definition) is 7. The fourth-order valence-corrected chi connectivity index (χ4v) is 2.93. The number of carbonyl (C=O) groups is 1. The van der Waals surface area contributed by atoms with E-state index >= 15 is 0 Å². The molecule has 0 spiro atoms. The molecule has 0 aliphatic carbocycles. The first kappa shape index (κ1) is 20.8. The summed E-state index contributed by atoms with van der Waals surface area (Å²) in [7, 11) is 1.62. The van der Waals surface area contributed by atoms with Crippen LogP contribution in [0.1, 0.15) is 38.6 Å². The first-order valence-corrected chi connectivity index (χ1v) is 9.51. The van der Waals surface area contributed by atoms with E-state index in [1.165, 1.54) is 4.80 Å². The lowest BCUT2D eigenvalue weighted by molar-refractivity contribution is 0.0191. The molecule has 29 heavy (non-hydrogen) atoms. The normalized spacial score (nSPS) is 18.7. The molecule has 1 amide bonds. The van der Waals surface area contributed by atoms with Crippen molar-refractivity contribution in [3.05, 3.63) is 41.2 Å². The number of piperidine rings is 1. The van der Waals surface area contributed by atoms with Crippen LogP contribution in [0.3, 0.4) is 0 Å². The predicted octanol–water partition coefficient (Wildman–Crippen LogP) is 2.12. The molecule has 1 unspecified atom stereocenters. The van der Waals surface area contributed by atoms with Gasteiger partial charge in [0.15, 0.2) is 5.82 Å². The van der Waals surface area contributed by atoms with Crippen molar-refractivity contribution in [1.29, 1.82) is 0 Å². The first-order valence-electron chi connectivity index (χ1n) is 9.51. The van der Waals surface area contributed by atoms with Gasteiger partial charge >= 0.3 is 6.09 Å². The van der Waals surface area contributed by atoms with Gasteiger partial charge in [-0.2, -0.15) is 4.80 Å². The van der Waals surface area contributed by atoms with Crippen LogP contribution < -0.4 is 4.74 Å². The Balaban J connectivity index is 1.67. The third-order valence-corrected chi connectivity index (χ3v) is 4.39. The van der Waals surface area contributed by atoms with Gasteiger partial charge in [0.05, 0.1) is 19.8 Å². The highest BCUT2D eigenvalue weighted by molar-refractivity contribution is 5.69. The van der Waals surface area contributed by atoms with Gasteiger partial charge in [0.1, 0.15) is 11.4 Å². The fraction of sp³-hybridized carbons (Fsp3) is 0.500. The van der Waals surface area contributed by atoms with Gasteiger partial charge in [-0.1, -0.05) is 12.1 Å². The van der Waals surface area contributed by atoms with E-state index in [-0.39, 0.29) is 6.54 Å². The monoisotopic (exact) mass is 401 g/mol. The minimum Gasteiger partial charge on any atom is -0.497 e. The molecule has 9 nitrogen and oxygen atoms in total. The van der Waals surface area contributed by atoms with Gasteiger partial charge in [-0.25, -0.2) is 4.79 Å². The quantitative estimate of drug-likeness (QED) is 0.837. The second-order valence-electron chi connectivity index (χ2n) is 7.95. The van der Waals surface area contributed by atoms with Crippen LogP contribution in [0.2, 0.25) is 0 Å². The van der Waals surface area contributed by atoms with Crippen LogP contribution in [-0.2, 0) is 11.3 Å². The summed E-state index contributed by atoms with van der Waals surface area (Å²) in [6.07, 6.45) is 1.07. The van der Waals surface area contributed by atoms with Crippen LogP contribution in [0.4, 0.5) is 4.79 Å². The number of methoxy groups -OCH3 is 1. The number of carbonyl (C=O) groups excluding carboxylic acids is 1. The molecule has 1 N–H and O–H groups in total. The van der Waals surface area contributed by atoms with Crippen LogP contribution in [-0.4, -0.2) is 68.2 Å². The Kier molecular flexibility index (Phi) is 6.17. The minimum absolute atomic E-state index is 0.267. The maximum Gasteiger partial charge on any atom is 0.410 e. The average molecular weight is 401 g/mol. The van der Waals surface area contributed by atoms with Gasteiger partial charge in [0.25, 0.3) is 0 Å². The number of amides is 1. The Hall–Kier alpha value is -2.94. The van der Waals surface area contributed by atoms with Crippen LogP contribution in [0.15, 0.2) is 29.8 Å². The minimum atomic E-state index is -0.651. The molecule has 1 aliphatic heterocycles. The molecule has 9 heteroatoms. The maximum absolute atomic E-state index is 12.3. The average Bonchev–Trinajstić information content (AvgIpc) is 3.09. The van der Waals surface area contributed by atoms with Gasteiger partial charge in [-0.3, -0.25) is 0 Å². The lowest BCUT2D eigenvalue weighted by Crippen LogP contribution is -2.44. The number of nitrogens with zero attached hydrogens (tertiary/aromatic N) is 5. The van der Waals surface area contributed by atoms with Crippen molar-refractivity contribution in [1.82, 2.24) is 25.1 Å². The molecule has 1 aromatic heterocycles. The zero-order valence-electron chi connectivity index (χ0n) is 17.2. The van der Waals surface area contributed by atoms with E-state index in [1.54, 1.807) is 18.1 Å². The Morgan fingerprint density at radius 3 is 2.69 bits per heavy atom. The number of rotatable bonds is 4. The second-order valence-corrected chi connectivity index (χ2v) is 7.95. The highest BCUT2D eigenvalue weighted by Gasteiger charge is 2.29. The summed E-state index contributed by atoms with van der Waals surface area (Å²) < 4.78 is 10.6. The van der Waals surface area contributed by atoms with E-state index in [0.717, 1.165) is 11.3 Å². The van der Waals surface area contributed by atoms with Gasteiger partial charge in [0, 0.05) is 13.1 Å². The summed E-state index contributed by atoms with van der Waals surface area (Å²) in [5.74, 6) is 1.17. The van der Waals surface area contributed by atoms with Crippen molar-refractivity contribution in [2.45, 2.75) is 45.4 Å². The predicted molar refractivity (Wildman–Crippen MR) is 106 cm³/mol. The van der Waals surface area contributed by atoms with Crippen LogP contribution >= 0.6 is 0 Å². The van der Waals surface area contributed by atoms with Gasteiger partial charge < -0.3 is 19.5 Å². The molecule has 1 fully saturated rings. The van der Waals surface area contributed by atoms with E-state index in [1.807, 2.05) is 45.0 Å². The summed E-state index contributed by atoms with van der Waals surface area (Å²) >= 11 is 0. The van der Waals surface area contributed by atoms with Crippen LogP contribution in [0.25, 0.3) is 6.08 Å². The van der Waals surface area contributed by atoms with Gasteiger partial charge in [-0.05, 0) is 61.8 Å². The van der Waals surface area contributed by atoms with Crippen LogP contribution in [0.5, 0.6) is 5.75 Å². The van der Waals surface area contributed by atoms with E-state index in [0.29, 0.717) is 30.9 Å². The standard InChI is InChI=1S/C20H27N5O4/c1-20(2,3)29-19(27)24-10-9-17(26)15(13-24)11-18-21-23-25(22-18)12-14-5-7-16(28-4)8-6-14/h5-8,11,17,26H,9-10,12-13H2,1-4H3/b15-11+. The van der Waals surface area contributed by atoms with Crippen molar-refractivity contribution in [2.75, 3.05) is 20.2 Å². The first-order chi connectivity index (χ1) is 13.7. The Morgan fingerprint density at radius 1 is 1.31 bits per heavy atom. The zero-order valence-corrected chi connectivity index (χ0v) is 17.2. The zero-order chi connectivity index (χ0) is 21.0. The van der Waals surface area contributed by atoms with Crippen molar-refractivity contribution in [2.24, 2.45) is 0 Å². The molecular formula is C20H27N5O4. The lowest BCUT2D eigenvalue weighted by atomic mass is 10.0. The SMILES string of the molecule is COc1ccc(Cn2nnc(/C=C3\CN(C(=O)OC(C)(C)C)CCC3O)n2)cc1. The highest BCUT2D eigenvalue weighted by Crippen LogP contribution is 2.21. The summed E-state index contributed by atoms with van der Waals surface area (Å²) in [6.45, 7) is 6.64. The van der Waals surface area contributed by atoms with E-state index < -0.39 is 17.8 Å². The largest absolute Gasteiger partial charge is 0.497 e. The molecule has 2 aromatic rings. The van der Waals surface area contributed by atoms with Crippen molar-refractivity contribution < 1.29 is 19.4 Å². The number of aromatic nitrogens is 4. The second kappa shape index (κ2) is 8.60. The van der Waals surface area contributed by atoms with Crippen molar-refractivity contribution >= 4 is 12.2 Å². The van der Waals surface area contributed by atoms with Crippen molar-refractivity contribution in [3.63, 3.8) is 0 Å². The Labute approximate surface area is 169 Å². The molecule has 0 radical (unpaired) electrons. The topological polar surface area (TPSA) is 103 Å². The molecule has 1 aliphatic rings. The number of likely N-dealkylation sites (tertiary alicyclic amines) is 1. The van der Waals surface area contributed by atoms with E-state index in [2.05, 4.69) is 15.4 Å². The number of aliphatic hydroxyl groups is 1. The third-order valence-electron chi connectivity index (χ3n) is 4.39. The van der Waals surface area contributed by atoms with Gasteiger partial charge in [-0.15, -0.1) is 10.2 Å². The number of aliphatic hydroxyl groups excluding tert-OH is 1. The molecular weight excluding hydrogens is 374 g/mol. The Bertz CT molecular complexity index is 870. The van der Waals surface area contributed by atoms with E-state index in [4.69, 9.17) is 9.47 Å². The smallest absolute Gasteiger partial charge is 0.410 e. The maximum atomic E-state index is 12.3. The molecule has 1 atom stereocenters. The fourth-order valence-electron chi connectivity index (χ4n) is 2.93. The molecule has 156 valence electrons. The summed E-state index contributed by atoms with van der Waals surface area (Å²) in [5, 5.41) is 22.8. The van der Waals surface area contributed by atoms with Crippen molar-refractivity contribution in [3.8, 4) is 5.75 Å². The Morgan fingerprint density at radius 2 is 2.03 bits per heavy atom. The van der Waals surface area contributed by atoms with E-state index in [9.17, 15) is 9.90 Å². The number of benzene rings is 1. The lowest BCUT2D eigenvalue weighted by Gasteiger charge is -2.33. The molecule has 0 saturated carbocycles. The number of ether oxygens (including phenoxy) is 2. The van der Waals surface area contributed by atoms with Crippen LogP contribution in [0, 0.1) is 0 Å². The molecule has 3 rings (SSSR count). The number of hydrogen-bond donors (Lipinski definition) is 1.